The molecule has 2 heterocycles. The maximum absolute atomic E-state index is 14.0. The van der Waals surface area contributed by atoms with Crippen molar-refractivity contribution in [1.29, 1.82) is 0 Å². The number of morpholine rings is 1. The lowest BCUT2D eigenvalue weighted by molar-refractivity contribution is -0.0440. The molecule has 1 saturated heterocycles. The molecule has 0 spiro atoms. The van der Waals surface area contributed by atoms with E-state index in [4.69, 9.17) is 14.2 Å². The first kappa shape index (κ1) is 28.4. The summed E-state index contributed by atoms with van der Waals surface area (Å²) in [7, 11) is 1.49. The lowest BCUT2D eigenvalue weighted by Gasteiger charge is -2.34. The summed E-state index contributed by atoms with van der Waals surface area (Å²) in [6.07, 6.45) is -0.964. The molecular formula is C29H36FN3O6. The normalized spacial score (nSPS) is 20.5. The Bertz CT molecular complexity index is 1200. The van der Waals surface area contributed by atoms with Crippen molar-refractivity contribution < 1.29 is 33.0 Å². The third kappa shape index (κ3) is 6.68. The van der Waals surface area contributed by atoms with Gasteiger partial charge < -0.3 is 29.7 Å². The minimum atomic E-state index is -0.805. The van der Waals surface area contributed by atoms with Crippen LogP contribution in [0.25, 0.3) is 0 Å². The maximum Gasteiger partial charge on any atom is 0.410 e. The van der Waals surface area contributed by atoms with Gasteiger partial charge in [0.1, 0.15) is 24.1 Å². The smallest absolute Gasteiger partial charge is 0.410 e. The van der Waals surface area contributed by atoms with Gasteiger partial charge in [0.05, 0.1) is 30.7 Å². The molecule has 0 radical (unpaired) electrons. The molecule has 2 aromatic rings. The SMILES string of the molecule is CNC(=O)c1cc(C(=O)NCC[C@@H]2CN(C(=O)OC(C)(C)C)CCO2)cc2c1OC(CF)[C@H]2c1ccccc1. The van der Waals surface area contributed by atoms with Gasteiger partial charge in [0, 0.05) is 31.3 Å². The molecule has 9 nitrogen and oxygen atoms in total. The van der Waals surface area contributed by atoms with E-state index in [1.165, 1.54) is 13.1 Å². The van der Waals surface area contributed by atoms with Crippen molar-refractivity contribution in [2.24, 2.45) is 0 Å². The molecule has 0 saturated carbocycles. The average molecular weight is 542 g/mol. The lowest BCUT2D eigenvalue weighted by atomic mass is 9.86. The van der Waals surface area contributed by atoms with E-state index in [0.717, 1.165) is 5.56 Å². The molecule has 39 heavy (non-hydrogen) atoms. The van der Waals surface area contributed by atoms with Crippen LogP contribution in [-0.2, 0) is 9.47 Å². The van der Waals surface area contributed by atoms with E-state index in [9.17, 15) is 18.8 Å². The molecule has 2 aliphatic heterocycles. The van der Waals surface area contributed by atoms with Crippen LogP contribution in [0.15, 0.2) is 42.5 Å². The van der Waals surface area contributed by atoms with E-state index in [-0.39, 0.29) is 29.2 Å². The number of amides is 3. The Hall–Kier alpha value is -3.66. The first-order valence-corrected chi connectivity index (χ1v) is 13.2. The van der Waals surface area contributed by atoms with Gasteiger partial charge in [-0.1, -0.05) is 30.3 Å². The van der Waals surface area contributed by atoms with Gasteiger partial charge in [-0.2, -0.15) is 0 Å². The summed E-state index contributed by atoms with van der Waals surface area (Å²) in [5.74, 6) is -0.972. The van der Waals surface area contributed by atoms with Crippen molar-refractivity contribution in [3.05, 3.63) is 64.7 Å². The number of ether oxygens (including phenoxy) is 3. The summed E-state index contributed by atoms with van der Waals surface area (Å²) in [5, 5.41) is 5.46. The number of fused-ring (bicyclic) bond motifs is 1. The predicted octanol–water partition coefficient (Wildman–Crippen LogP) is 3.66. The quantitative estimate of drug-likeness (QED) is 0.554. The number of rotatable bonds is 7. The van der Waals surface area contributed by atoms with Crippen molar-refractivity contribution in [1.82, 2.24) is 15.5 Å². The molecule has 3 amide bonds. The van der Waals surface area contributed by atoms with Gasteiger partial charge in [0.25, 0.3) is 11.8 Å². The third-order valence-corrected chi connectivity index (χ3v) is 6.68. The van der Waals surface area contributed by atoms with E-state index < -0.39 is 30.2 Å². The highest BCUT2D eigenvalue weighted by Crippen LogP contribution is 2.45. The zero-order valence-corrected chi connectivity index (χ0v) is 22.8. The Balaban J connectivity index is 1.47. The summed E-state index contributed by atoms with van der Waals surface area (Å²) in [5.41, 5.74) is 1.30. The number of benzene rings is 2. The van der Waals surface area contributed by atoms with Crippen LogP contribution in [0, 0.1) is 0 Å². The Morgan fingerprint density at radius 1 is 1.13 bits per heavy atom. The zero-order chi connectivity index (χ0) is 28.2. The van der Waals surface area contributed by atoms with Crippen molar-refractivity contribution in [2.45, 2.75) is 50.9 Å². The van der Waals surface area contributed by atoms with Crippen LogP contribution in [0.1, 0.15) is 65.0 Å². The van der Waals surface area contributed by atoms with Gasteiger partial charge in [0.2, 0.25) is 0 Å². The van der Waals surface area contributed by atoms with Crippen molar-refractivity contribution >= 4 is 17.9 Å². The van der Waals surface area contributed by atoms with Crippen molar-refractivity contribution in [2.75, 3.05) is 40.0 Å². The monoisotopic (exact) mass is 541 g/mol. The summed E-state index contributed by atoms with van der Waals surface area (Å²) in [6.45, 7) is 6.20. The van der Waals surface area contributed by atoms with Crippen LogP contribution in [0.3, 0.4) is 0 Å². The van der Waals surface area contributed by atoms with Gasteiger partial charge in [-0.3, -0.25) is 9.59 Å². The number of carbonyl (C=O) groups is 3. The molecule has 0 aliphatic carbocycles. The van der Waals surface area contributed by atoms with Gasteiger partial charge in [-0.15, -0.1) is 0 Å². The van der Waals surface area contributed by atoms with Crippen LogP contribution >= 0.6 is 0 Å². The van der Waals surface area contributed by atoms with E-state index >= 15 is 0 Å². The highest BCUT2D eigenvalue weighted by Gasteiger charge is 2.39. The van der Waals surface area contributed by atoms with Crippen LogP contribution in [0.4, 0.5) is 9.18 Å². The van der Waals surface area contributed by atoms with E-state index in [1.54, 1.807) is 11.0 Å². The van der Waals surface area contributed by atoms with E-state index in [0.29, 0.717) is 44.0 Å². The van der Waals surface area contributed by atoms with Gasteiger partial charge in [0.15, 0.2) is 0 Å². The largest absolute Gasteiger partial charge is 0.486 e. The summed E-state index contributed by atoms with van der Waals surface area (Å²) >= 11 is 0. The van der Waals surface area contributed by atoms with Gasteiger partial charge in [-0.25, -0.2) is 9.18 Å². The first-order chi connectivity index (χ1) is 18.6. The first-order valence-electron chi connectivity index (χ1n) is 13.2. The molecule has 1 unspecified atom stereocenters. The number of nitrogens with one attached hydrogen (secondary N) is 2. The number of halogens is 1. The molecule has 4 rings (SSSR count). The van der Waals surface area contributed by atoms with Crippen LogP contribution in [0.2, 0.25) is 0 Å². The summed E-state index contributed by atoms with van der Waals surface area (Å²) < 4.78 is 31.2. The van der Waals surface area contributed by atoms with Crippen LogP contribution in [0.5, 0.6) is 5.75 Å². The van der Waals surface area contributed by atoms with Crippen LogP contribution < -0.4 is 15.4 Å². The molecular weight excluding hydrogens is 505 g/mol. The molecule has 10 heteroatoms. The Kier molecular flexibility index (Phi) is 8.74. The van der Waals surface area contributed by atoms with Gasteiger partial charge >= 0.3 is 6.09 Å². The fourth-order valence-corrected chi connectivity index (χ4v) is 4.88. The molecule has 2 N–H and O–H groups in total. The molecule has 0 bridgehead atoms. The number of carbonyl (C=O) groups excluding carboxylic acids is 3. The molecule has 2 aromatic carbocycles. The standard InChI is InChI=1S/C29H36FN3O6/c1-29(2,3)39-28(36)33-12-13-37-20(17-33)10-11-32-26(34)19-14-21-24(18-8-6-5-7-9-18)23(16-30)38-25(21)22(15-19)27(35)31-4/h5-9,14-15,20,23-24H,10-13,16-17H2,1-4H3,(H,31,35)(H,32,34)/t20-,23?,24+/m1/s1. The number of hydrogen-bond acceptors (Lipinski definition) is 6. The predicted molar refractivity (Wildman–Crippen MR) is 143 cm³/mol. The topological polar surface area (TPSA) is 106 Å². The molecule has 0 aromatic heterocycles. The van der Waals surface area contributed by atoms with Crippen LogP contribution in [-0.4, -0.2) is 80.6 Å². The van der Waals surface area contributed by atoms with E-state index in [1.807, 2.05) is 51.1 Å². The average Bonchev–Trinajstić information content (AvgIpc) is 3.30. The number of alkyl halides is 1. The minimum Gasteiger partial charge on any atom is -0.486 e. The molecule has 2 aliphatic rings. The molecule has 1 fully saturated rings. The fourth-order valence-electron chi connectivity index (χ4n) is 4.88. The summed E-state index contributed by atoms with van der Waals surface area (Å²) in [4.78, 5) is 39.9. The number of nitrogens with zero attached hydrogens (tertiary/aromatic N) is 1. The second-order valence-corrected chi connectivity index (χ2v) is 10.7. The highest BCUT2D eigenvalue weighted by molar-refractivity contribution is 6.02. The summed E-state index contributed by atoms with van der Waals surface area (Å²) in [6, 6.07) is 12.5. The fraction of sp³-hybridized carbons (Fsp3) is 0.483. The lowest BCUT2D eigenvalue weighted by Crippen LogP contribution is -2.48. The Morgan fingerprint density at radius 3 is 2.54 bits per heavy atom. The van der Waals surface area contributed by atoms with Crippen molar-refractivity contribution in [3.8, 4) is 5.75 Å². The second-order valence-electron chi connectivity index (χ2n) is 10.7. The Labute approximate surface area is 228 Å². The third-order valence-electron chi connectivity index (χ3n) is 6.68. The Morgan fingerprint density at radius 2 is 1.87 bits per heavy atom. The molecule has 210 valence electrons. The maximum atomic E-state index is 14.0. The van der Waals surface area contributed by atoms with E-state index in [2.05, 4.69) is 10.6 Å². The number of hydrogen-bond donors (Lipinski definition) is 2. The molecule has 3 atom stereocenters. The van der Waals surface area contributed by atoms with Gasteiger partial charge in [-0.05, 0) is 44.9 Å². The zero-order valence-electron chi connectivity index (χ0n) is 22.8. The van der Waals surface area contributed by atoms with Crippen molar-refractivity contribution in [3.63, 3.8) is 0 Å². The second kappa shape index (κ2) is 12.0. The minimum absolute atomic E-state index is 0.181. The highest BCUT2D eigenvalue weighted by atomic mass is 19.1.